The SMILES string of the molecule is CC(C)CNC(=O)C1=Cc2c(ncnc2Nc2ccc(Oc3cccc(C(F)(F)F)c3)c(Cl)c2)NCC1.O=C(O)C(F)(F)F. The fraction of sp³-hybridized carbons (Fsp3) is 0.286. The molecule has 0 radical (unpaired) electrons. The smallest absolute Gasteiger partial charge is 0.475 e. The second kappa shape index (κ2) is 14.3. The number of hydrogen-bond acceptors (Lipinski definition) is 7. The van der Waals surface area contributed by atoms with Gasteiger partial charge in [-0.1, -0.05) is 31.5 Å². The van der Waals surface area contributed by atoms with E-state index >= 15 is 0 Å². The number of benzene rings is 2. The van der Waals surface area contributed by atoms with E-state index < -0.39 is 23.9 Å². The Hall–Kier alpha value is -4.53. The van der Waals surface area contributed by atoms with Gasteiger partial charge in [-0.05, 0) is 54.8 Å². The Labute approximate surface area is 252 Å². The topological polar surface area (TPSA) is 125 Å². The maximum atomic E-state index is 13.0. The van der Waals surface area contributed by atoms with Crippen molar-refractivity contribution < 1.29 is 45.8 Å². The van der Waals surface area contributed by atoms with Crippen LogP contribution in [0.3, 0.4) is 0 Å². The van der Waals surface area contributed by atoms with E-state index in [0.29, 0.717) is 53.9 Å². The van der Waals surface area contributed by atoms with Gasteiger partial charge in [0.15, 0.2) is 0 Å². The molecule has 0 saturated heterocycles. The summed E-state index contributed by atoms with van der Waals surface area (Å²) in [5.74, 6) is -1.33. The van der Waals surface area contributed by atoms with Gasteiger partial charge in [-0.25, -0.2) is 14.8 Å². The van der Waals surface area contributed by atoms with Crippen molar-refractivity contribution >= 4 is 46.9 Å². The number of nitrogens with one attached hydrogen (secondary N) is 3. The van der Waals surface area contributed by atoms with Gasteiger partial charge in [-0.3, -0.25) is 4.79 Å². The number of carboxylic acids is 1. The number of carbonyl (C=O) groups is 2. The molecule has 236 valence electrons. The van der Waals surface area contributed by atoms with Crippen LogP contribution in [0.15, 0.2) is 54.4 Å². The third-order valence-corrected chi connectivity index (χ3v) is 5.97. The van der Waals surface area contributed by atoms with Crippen LogP contribution in [0, 0.1) is 5.92 Å². The van der Waals surface area contributed by atoms with Crippen molar-refractivity contribution in [3.63, 3.8) is 0 Å². The maximum absolute atomic E-state index is 13.0. The molecule has 0 aliphatic carbocycles. The fourth-order valence-electron chi connectivity index (χ4n) is 3.59. The summed E-state index contributed by atoms with van der Waals surface area (Å²) in [5.41, 5.74) is 0.969. The van der Waals surface area contributed by atoms with E-state index in [1.165, 1.54) is 18.5 Å². The van der Waals surface area contributed by atoms with Crippen LogP contribution in [0.1, 0.15) is 31.4 Å². The second-order valence-electron chi connectivity index (χ2n) is 9.64. The van der Waals surface area contributed by atoms with E-state index in [4.69, 9.17) is 26.2 Å². The highest BCUT2D eigenvalue weighted by Gasteiger charge is 2.38. The van der Waals surface area contributed by atoms with Crippen molar-refractivity contribution in [2.24, 2.45) is 5.92 Å². The number of alkyl halides is 6. The summed E-state index contributed by atoms with van der Waals surface area (Å²) in [6.07, 6.45) is -5.88. The Kier molecular flexibility index (Phi) is 11.0. The molecule has 1 aromatic heterocycles. The molecule has 0 atom stereocenters. The van der Waals surface area contributed by atoms with Crippen LogP contribution in [-0.4, -0.2) is 46.2 Å². The number of aromatic nitrogens is 2. The molecule has 0 bridgehead atoms. The first-order valence-electron chi connectivity index (χ1n) is 12.8. The lowest BCUT2D eigenvalue weighted by Gasteiger charge is -2.14. The van der Waals surface area contributed by atoms with Gasteiger partial charge in [-0.2, -0.15) is 26.3 Å². The summed E-state index contributed by atoms with van der Waals surface area (Å²) < 4.78 is 76.3. The predicted octanol–water partition coefficient (Wildman–Crippen LogP) is 7.29. The molecule has 4 rings (SSSR count). The van der Waals surface area contributed by atoms with Crippen LogP contribution in [-0.2, 0) is 15.8 Å². The summed E-state index contributed by atoms with van der Waals surface area (Å²) in [6, 6.07) is 9.34. The van der Waals surface area contributed by atoms with E-state index in [2.05, 4.69) is 25.9 Å². The van der Waals surface area contributed by atoms with Crippen LogP contribution < -0.4 is 20.7 Å². The monoisotopic (exact) mass is 645 g/mol. The number of hydrogen-bond donors (Lipinski definition) is 4. The number of fused-ring (bicyclic) bond motifs is 1. The highest BCUT2D eigenvalue weighted by atomic mass is 35.5. The number of ether oxygens (including phenoxy) is 1. The molecule has 3 aromatic rings. The van der Waals surface area contributed by atoms with E-state index in [-0.39, 0.29) is 22.4 Å². The van der Waals surface area contributed by atoms with Gasteiger partial charge in [-0.15, -0.1) is 0 Å². The highest BCUT2D eigenvalue weighted by molar-refractivity contribution is 6.32. The molecule has 0 spiro atoms. The van der Waals surface area contributed by atoms with Crippen LogP contribution in [0.5, 0.6) is 11.5 Å². The van der Waals surface area contributed by atoms with E-state index in [0.717, 1.165) is 12.1 Å². The molecule has 4 N–H and O–H groups in total. The molecule has 9 nitrogen and oxygen atoms in total. The molecule has 2 heterocycles. The highest BCUT2D eigenvalue weighted by Crippen LogP contribution is 2.36. The molecule has 0 unspecified atom stereocenters. The lowest BCUT2D eigenvalue weighted by Crippen LogP contribution is -2.29. The minimum absolute atomic E-state index is 0.0121. The predicted molar refractivity (Wildman–Crippen MR) is 151 cm³/mol. The molecule has 44 heavy (non-hydrogen) atoms. The summed E-state index contributed by atoms with van der Waals surface area (Å²) in [7, 11) is 0. The number of halogens is 7. The quantitative estimate of drug-likeness (QED) is 0.198. The van der Waals surface area contributed by atoms with Gasteiger partial charge in [0.25, 0.3) is 0 Å². The number of carbonyl (C=O) groups excluding carboxylic acids is 1. The Bertz CT molecular complexity index is 1530. The van der Waals surface area contributed by atoms with Crippen molar-refractivity contribution in [3.05, 3.63) is 70.5 Å². The van der Waals surface area contributed by atoms with Gasteiger partial charge in [0.2, 0.25) is 5.91 Å². The lowest BCUT2D eigenvalue weighted by molar-refractivity contribution is -0.192. The maximum Gasteiger partial charge on any atom is 0.490 e. The molecule has 1 aliphatic rings. The molecule has 16 heteroatoms. The van der Waals surface area contributed by atoms with E-state index in [9.17, 15) is 31.1 Å². The Morgan fingerprint density at radius 3 is 2.41 bits per heavy atom. The first kappa shape index (κ1) is 34.0. The number of nitrogens with zero attached hydrogens (tertiary/aromatic N) is 2. The molecular weight excluding hydrogens is 620 g/mol. The number of aliphatic carboxylic acids is 1. The van der Waals surface area contributed by atoms with Crippen LogP contribution in [0.2, 0.25) is 5.02 Å². The fourth-order valence-corrected chi connectivity index (χ4v) is 3.80. The molecule has 1 aliphatic heterocycles. The van der Waals surface area contributed by atoms with Crippen molar-refractivity contribution in [3.8, 4) is 11.5 Å². The van der Waals surface area contributed by atoms with Crippen molar-refractivity contribution in [2.75, 3.05) is 23.7 Å². The Morgan fingerprint density at radius 1 is 1.09 bits per heavy atom. The minimum atomic E-state index is -5.08. The van der Waals surface area contributed by atoms with Crippen LogP contribution in [0.25, 0.3) is 6.08 Å². The van der Waals surface area contributed by atoms with E-state index in [1.54, 1.807) is 24.3 Å². The number of rotatable bonds is 7. The summed E-state index contributed by atoms with van der Waals surface area (Å²) in [4.78, 5) is 30.2. The first-order valence-corrected chi connectivity index (χ1v) is 13.2. The van der Waals surface area contributed by atoms with Gasteiger partial charge in [0, 0.05) is 24.4 Å². The van der Waals surface area contributed by atoms with Crippen LogP contribution >= 0.6 is 11.6 Å². The van der Waals surface area contributed by atoms with Crippen molar-refractivity contribution in [1.82, 2.24) is 15.3 Å². The van der Waals surface area contributed by atoms with Crippen molar-refractivity contribution in [2.45, 2.75) is 32.6 Å². The minimum Gasteiger partial charge on any atom is -0.475 e. The molecular formula is C28H26ClF6N5O4. The zero-order valence-electron chi connectivity index (χ0n) is 23.1. The largest absolute Gasteiger partial charge is 0.490 e. The third kappa shape index (κ3) is 9.76. The molecule has 0 saturated carbocycles. The van der Waals surface area contributed by atoms with Gasteiger partial charge < -0.3 is 25.8 Å². The lowest BCUT2D eigenvalue weighted by atomic mass is 10.1. The summed E-state index contributed by atoms with van der Waals surface area (Å²) in [6.45, 7) is 5.16. The average molecular weight is 646 g/mol. The first-order chi connectivity index (χ1) is 20.5. The molecule has 0 fully saturated rings. The number of anilines is 3. The van der Waals surface area contributed by atoms with Gasteiger partial charge in [0.05, 0.1) is 16.1 Å². The zero-order valence-corrected chi connectivity index (χ0v) is 23.9. The number of carboxylic acid groups (broad SMARTS) is 1. The van der Waals surface area contributed by atoms with Gasteiger partial charge in [0.1, 0.15) is 29.5 Å². The number of amides is 1. The Morgan fingerprint density at radius 2 is 1.80 bits per heavy atom. The normalized spacial score (nSPS) is 12.9. The van der Waals surface area contributed by atoms with Crippen LogP contribution in [0.4, 0.5) is 43.7 Å². The van der Waals surface area contributed by atoms with Crippen molar-refractivity contribution in [1.29, 1.82) is 0 Å². The van der Waals surface area contributed by atoms with E-state index in [1.807, 2.05) is 13.8 Å². The molecule has 2 aromatic carbocycles. The summed E-state index contributed by atoms with van der Waals surface area (Å²) in [5, 5.41) is 16.6. The zero-order chi connectivity index (χ0) is 32.7. The van der Waals surface area contributed by atoms with Gasteiger partial charge >= 0.3 is 18.3 Å². The average Bonchev–Trinajstić information content (AvgIpc) is 3.16. The standard InChI is InChI=1S/C26H25ClF3N5O2.C2HF3O2/c1-15(2)13-32-25(36)16-8-9-31-23-20(10-16)24(34-14-33-23)35-18-6-7-22(21(27)12-18)37-19-5-3-4-17(11-19)26(28,29)30;3-2(4,5)1(6)7/h3-7,10-12,14-15H,8-9,13H2,1-2H3,(H,32,36)(H2,31,33,34,35);(H,6,7). The Balaban J connectivity index is 0.000000676. The summed E-state index contributed by atoms with van der Waals surface area (Å²) >= 11 is 6.37. The third-order valence-electron chi connectivity index (χ3n) is 5.68. The molecule has 1 amide bonds. The second-order valence-corrected chi connectivity index (χ2v) is 10.0.